The summed E-state index contributed by atoms with van der Waals surface area (Å²) in [6.45, 7) is 0. The van der Waals surface area contributed by atoms with Gasteiger partial charge in [0.05, 0.1) is 0 Å². The number of nitrogens with zero attached hydrogens (tertiary/aromatic N) is 1. The zero-order valence-corrected chi connectivity index (χ0v) is 9.08. The van der Waals surface area contributed by atoms with Crippen LogP contribution in [-0.2, 0) is 0 Å². The van der Waals surface area contributed by atoms with Gasteiger partial charge in [-0.15, -0.1) is 0 Å². The minimum absolute atomic E-state index is 0.344. The van der Waals surface area contributed by atoms with Crippen LogP contribution in [-0.4, -0.2) is 11.3 Å². The maximum atomic E-state index is 13.5. The van der Waals surface area contributed by atoms with Crippen molar-refractivity contribution >= 4 is 18.0 Å². The Morgan fingerprint density at radius 2 is 1.94 bits per heavy atom. The van der Waals surface area contributed by atoms with Crippen molar-refractivity contribution in [2.75, 3.05) is 0 Å². The van der Waals surface area contributed by atoms with Gasteiger partial charge in [0.2, 0.25) is 0 Å². The first-order chi connectivity index (χ1) is 7.79. The molecule has 0 bridgehead atoms. The van der Waals surface area contributed by atoms with Gasteiger partial charge in [-0.3, -0.25) is 9.78 Å². The molecule has 0 unspecified atom stereocenters. The van der Waals surface area contributed by atoms with Crippen LogP contribution >= 0.6 is 11.8 Å². The van der Waals surface area contributed by atoms with Crippen molar-refractivity contribution in [1.29, 1.82) is 0 Å². The Morgan fingerprint density at radius 1 is 1.19 bits per heavy atom. The van der Waals surface area contributed by atoms with Gasteiger partial charge >= 0.3 is 0 Å². The molecule has 1 heterocycles. The van der Waals surface area contributed by atoms with Gasteiger partial charge in [-0.05, 0) is 24.3 Å². The highest BCUT2D eigenvalue weighted by Crippen LogP contribution is 2.29. The van der Waals surface area contributed by atoms with E-state index in [2.05, 4.69) is 4.98 Å². The predicted octanol–water partition coefficient (Wildman–Crippen LogP) is 3.18. The van der Waals surface area contributed by atoms with E-state index < -0.39 is 0 Å². The lowest BCUT2D eigenvalue weighted by Gasteiger charge is -2.02. The van der Waals surface area contributed by atoms with Crippen LogP contribution in [0.1, 0.15) is 10.4 Å². The zero-order chi connectivity index (χ0) is 11.4. The van der Waals surface area contributed by atoms with E-state index in [0.29, 0.717) is 16.7 Å². The highest BCUT2D eigenvalue weighted by molar-refractivity contribution is 7.99. The second kappa shape index (κ2) is 4.90. The number of aromatic nitrogens is 1. The van der Waals surface area contributed by atoms with Crippen LogP contribution in [0.15, 0.2) is 52.5 Å². The van der Waals surface area contributed by atoms with E-state index in [0.717, 1.165) is 4.90 Å². The van der Waals surface area contributed by atoms with Gasteiger partial charge < -0.3 is 0 Å². The molecule has 0 aliphatic rings. The van der Waals surface area contributed by atoms with Gasteiger partial charge in [-0.1, -0.05) is 17.8 Å². The third-order valence-corrected chi connectivity index (χ3v) is 3.03. The number of hydrogen-bond acceptors (Lipinski definition) is 3. The molecule has 2 aromatic rings. The summed E-state index contributed by atoms with van der Waals surface area (Å²) >= 11 is 1.30. The second-order valence-corrected chi connectivity index (χ2v) is 4.21. The van der Waals surface area contributed by atoms with Gasteiger partial charge in [0, 0.05) is 27.7 Å². The number of pyridine rings is 1. The van der Waals surface area contributed by atoms with Crippen molar-refractivity contribution in [3.8, 4) is 0 Å². The van der Waals surface area contributed by atoms with E-state index in [1.165, 1.54) is 17.8 Å². The van der Waals surface area contributed by atoms with Crippen molar-refractivity contribution in [3.63, 3.8) is 0 Å². The first-order valence-electron chi connectivity index (χ1n) is 4.62. The van der Waals surface area contributed by atoms with Crippen LogP contribution in [0.25, 0.3) is 0 Å². The Bertz CT molecular complexity index is 502. The van der Waals surface area contributed by atoms with E-state index in [1.807, 2.05) is 0 Å². The molecule has 1 aromatic heterocycles. The molecule has 0 radical (unpaired) electrons. The molecular weight excluding hydrogens is 225 g/mol. The van der Waals surface area contributed by atoms with Gasteiger partial charge in [0.1, 0.15) is 12.1 Å². The SMILES string of the molecule is O=Cc1ccc(Sc2ccncc2)c(F)c1. The van der Waals surface area contributed by atoms with Crippen LogP contribution in [0.2, 0.25) is 0 Å². The van der Waals surface area contributed by atoms with Gasteiger partial charge in [-0.25, -0.2) is 4.39 Å². The molecule has 0 spiro atoms. The molecule has 0 atom stereocenters. The number of aldehydes is 1. The predicted molar refractivity (Wildman–Crippen MR) is 60.1 cm³/mol. The van der Waals surface area contributed by atoms with Crippen molar-refractivity contribution in [2.45, 2.75) is 9.79 Å². The molecule has 0 aliphatic carbocycles. The topological polar surface area (TPSA) is 30.0 Å². The molecule has 4 heteroatoms. The summed E-state index contributed by atoms with van der Waals surface area (Å²) in [4.78, 5) is 15.7. The van der Waals surface area contributed by atoms with Crippen molar-refractivity contribution in [3.05, 3.63) is 54.1 Å². The van der Waals surface area contributed by atoms with Crippen LogP contribution in [0.5, 0.6) is 0 Å². The molecule has 16 heavy (non-hydrogen) atoms. The van der Waals surface area contributed by atoms with E-state index in [4.69, 9.17) is 0 Å². The normalized spacial score (nSPS) is 10.1. The maximum Gasteiger partial charge on any atom is 0.150 e. The van der Waals surface area contributed by atoms with Crippen LogP contribution < -0.4 is 0 Å². The average Bonchev–Trinajstić information content (AvgIpc) is 2.33. The highest BCUT2D eigenvalue weighted by atomic mass is 32.2. The van der Waals surface area contributed by atoms with Crippen LogP contribution in [0, 0.1) is 5.82 Å². The molecule has 0 fully saturated rings. The quantitative estimate of drug-likeness (QED) is 0.763. The molecule has 0 amide bonds. The summed E-state index contributed by atoms with van der Waals surface area (Å²) in [5, 5.41) is 0. The molecule has 1 aromatic carbocycles. The van der Waals surface area contributed by atoms with Gasteiger partial charge in [-0.2, -0.15) is 0 Å². The number of carbonyl (C=O) groups is 1. The van der Waals surface area contributed by atoms with E-state index >= 15 is 0 Å². The first-order valence-corrected chi connectivity index (χ1v) is 5.44. The fraction of sp³-hybridized carbons (Fsp3) is 0. The molecule has 2 nitrogen and oxygen atoms in total. The molecule has 0 aliphatic heterocycles. The Hall–Kier alpha value is -1.68. The Kier molecular flexibility index (Phi) is 3.31. The summed E-state index contributed by atoms with van der Waals surface area (Å²) < 4.78 is 13.5. The number of hydrogen-bond donors (Lipinski definition) is 0. The monoisotopic (exact) mass is 233 g/mol. The summed E-state index contributed by atoms with van der Waals surface area (Å²) in [6, 6.07) is 8.04. The third kappa shape index (κ3) is 2.46. The van der Waals surface area contributed by atoms with Crippen LogP contribution in [0.3, 0.4) is 0 Å². The zero-order valence-electron chi connectivity index (χ0n) is 8.26. The second-order valence-electron chi connectivity index (χ2n) is 3.09. The molecule has 80 valence electrons. The third-order valence-electron chi connectivity index (χ3n) is 1.97. The van der Waals surface area contributed by atoms with Crippen molar-refractivity contribution in [1.82, 2.24) is 4.98 Å². The summed E-state index contributed by atoms with van der Waals surface area (Å²) in [7, 11) is 0. The first kappa shape index (κ1) is 10.8. The molecule has 0 saturated heterocycles. The van der Waals surface area contributed by atoms with Gasteiger partial charge in [0.25, 0.3) is 0 Å². The lowest BCUT2D eigenvalue weighted by Crippen LogP contribution is -1.85. The number of halogens is 1. The molecule has 0 N–H and O–H groups in total. The fourth-order valence-electron chi connectivity index (χ4n) is 1.21. The van der Waals surface area contributed by atoms with Gasteiger partial charge in [0.15, 0.2) is 0 Å². The standard InChI is InChI=1S/C12H8FNOS/c13-11-7-9(8-15)1-2-12(11)16-10-3-5-14-6-4-10/h1-8H. The molecule has 2 rings (SSSR count). The highest BCUT2D eigenvalue weighted by Gasteiger charge is 2.04. The Labute approximate surface area is 96.5 Å². The fourth-order valence-corrected chi connectivity index (χ4v) is 2.01. The largest absolute Gasteiger partial charge is 0.298 e. The number of carbonyl (C=O) groups excluding carboxylic acids is 1. The number of rotatable bonds is 3. The molecular formula is C12H8FNOS. The van der Waals surface area contributed by atoms with Crippen molar-refractivity contribution < 1.29 is 9.18 Å². The average molecular weight is 233 g/mol. The van der Waals surface area contributed by atoms with Crippen molar-refractivity contribution in [2.24, 2.45) is 0 Å². The smallest absolute Gasteiger partial charge is 0.150 e. The number of benzene rings is 1. The van der Waals surface area contributed by atoms with E-state index in [9.17, 15) is 9.18 Å². The Morgan fingerprint density at radius 3 is 2.56 bits per heavy atom. The lowest BCUT2D eigenvalue weighted by molar-refractivity contribution is 0.112. The molecule has 0 saturated carbocycles. The van der Waals surface area contributed by atoms with E-state index in [-0.39, 0.29) is 5.82 Å². The lowest BCUT2D eigenvalue weighted by atomic mass is 10.2. The Balaban J connectivity index is 2.25. The summed E-state index contributed by atoms with van der Waals surface area (Å²) in [6.07, 6.45) is 3.93. The van der Waals surface area contributed by atoms with Crippen LogP contribution in [0.4, 0.5) is 4.39 Å². The summed E-state index contributed by atoms with van der Waals surface area (Å²) in [5.41, 5.74) is 0.344. The minimum atomic E-state index is -0.383. The van der Waals surface area contributed by atoms with E-state index in [1.54, 1.807) is 36.7 Å². The maximum absolute atomic E-state index is 13.5. The minimum Gasteiger partial charge on any atom is -0.298 e. The summed E-state index contributed by atoms with van der Waals surface area (Å²) in [5.74, 6) is -0.383.